The van der Waals surface area contributed by atoms with Gasteiger partial charge in [-0.2, -0.15) is 4.31 Å². The first-order valence-corrected chi connectivity index (χ1v) is 7.40. The van der Waals surface area contributed by atoms with Gasteiger partial charge in [0.25, 0.3) is 0 Å². The summed E-state index contributed by atoms with van der Waals surface area (Å²) in [5.41, 5.74) is 5.22. The summed E-state index contributed by atoms with van der Waals surface area (Å²) < 4.78 is 51.9. The molecule has 0 fully saturated rings. The fourth-order valence-corrected chi connectivity index (χ4v) is 3.31. The van der Waals surface area contributed by atoms with E-state index in [0.717, 1.165) is 16.4 Å². The molecular weight excluding hydrogens is 288 g/mol. The Labute approximate surface area is 116 Å². The number of amidine groups is 1. The second-order valence-electron chi connectivity index (χ2n) is 4.56. The Kier molecular flexibility index (Phi) is 5.18. The van der Waals surface area contributed by atoms with Crippen LogP contribution in [-0.2, 0) is 10.0 Å². The Morgan fingerprint density at radius 2 is 1.95 bits per heavy atom. The van der Waals surface area contributed by atoms with Gasteiger partial charge < -0.3 is 5.73 Å². The lowest BCUT2D eigenvalue weighted by Crippen LogP contribution is -2.39. The zero-order valence-corrected chi connectivity index (χ0v) is 12.0. The van der Waals surface area contributed by atoms with Crippen molar-refractivity contribution in [2.75, 3.05) is 6.54 Å². The third-order valence-electron chi connectivity index (χ3n) is 2.68. The molecule has 0 aliphatic rings. The summed E-state index contributed by atoms with van der Waals surface area (Å²) in [6, 6.07) is 2.03. The van der Waals surface area contributed by atoms with Crippen molar-refractivity contribution in [2.24, 2.45) is 5.73 Å². The molecule has 5 nitrogen and oxygen atoms in total. The Bertz CT molecular complexity index is 603. The van der Waals surface area contributed by atoms with Crippen LogP contribution in [0.1, 0.15) is 20.3 Å². The first kappa shape index (κ1) is 16.5. The summed E-state index contributed by atoms with van der Waals surface area (Å²) in [5.74, 6) is -2.47. The zero-order chi connectivity index (χ0) is 15.5. The predicted octanol–water partition coefficient (Wildman–Crippen LogP) is 1.69. The highest BCUT2D eigenvalue weighted by Crippen LogP contribution is 2.20. The summed E-state index contributed by atoms with van der Waals surface area (Å²) in [6.07, 6.45) is 0.0705. The molecule has 0 unspecified atom stereocenters. The van der Waals surface area contributed by atoms with E-state index < -0.39 is 27.7 Å². The number of benzene rings is 1. The van der Waals surface area contributed by atoms with Gasteiger partial charge in [0.1, 0.15) is 0 Å². The van der Waals surface area contributed by atoms with Crippen LogP contribution < -0.4 is 5.73 Å². The Hall–Kier alpha value is -1.54. The molecule has 0 radical (unpaired) electrons. The zero-order valence-electron chi connectivity index (χ0n) is 11.2. The van der Waals surface area contributed by atoms with Crippen molar-refractivity contribution in [3.8, 4) is 0 Å². The molecule has 1 aromatic rings. The molecule has 8 heteroatoms. The van der Waals surface area contributed by atoms with Gasteiger partial charge in [-0.1, -0.05) is 0 Å². The molecule has 1 rings (SSSR count). The summed E-state index contributed by atoms with van der Waals surface area (Å²) in [4.78, 5) is -0.325. The molecule has 0 aliphatic heterocycles. The molecule has 0 saturated carbocycles. The summed E-state index contributed by atoms with van der Waals surface area (Å²) >= 11 is 0. The van der Waals surface area contributed by atoms with Crippen LogP contribution in [0.25, 0.3) is 0 Å². The largest absolute Gasteiger partial charge is 0.388 e. The number of rotatable bonds is 6. The van der Waals surface area contributed by atoms with Gasteiger partial charge in [-0.05, 0) is 32.0 Å². The molecule has 0 aliphatic carbocycles. The average Bonchev–Trinajstić information content (AvgIpc) is 2.31. The van der Waals surface area contributed by atoms with Crippen molar-refractivity contribution in [3.05, 3.63) is 29.8 Å². The van der Waals surface area contributed by atoms with E-state index in [-0.39, 0.29) is 23.7 Å². The van der Waals surface area contributed by atoms with Crippen LogP contribution in [-0.4, -0.2) is 31.1 Å². The monoisotopic (exact) mass is 305 g/mol. The minimum atomic E-state index is -3.96. The highest BCUT2D eigenvalue weighted by atomic mass is 32.2. The van der Waals surface area contributed by atoms with Crippen LogP contribution in [0.5, 0.6) is 0 Å². The number of nitrogens with zero attached hydrogens (tertiary/aromatic N) is 1. The quantitative estimate of drug-likeness (QED) is 0.619. The lowest BCUT2D eigenvalue weighted by Gasteiger charge is -2.25. The smallest absolute Gasteiger partial charge is 0.243 e. The molecule has 0 aromatic heterocycles. The molecule has 112 valence electrons. The van der Waals surface area contributed by atoms with E-state index in [1.54, 1.807) is 13.8 Å². The fourth-order valence-electron chi connectivity index (χ4n) is 1.66. The average molecular weight is 305 g/mol. The predicted molar refractivity (Wildman–Crippen MR) is 71.9 cm³/mol. The lowest BCUT2D eigenvalue weighted by atomic mass is 10.3. The van der Waals surface area contributed by atoms with Gasteiger partial charge in [-0.25, -0.2) is 17.2 Å². The molecule has 0 atom stereocenters. The minimum Gasteiger partial charge on any atom is -0.388 e. The van der Waals surface area contributed by atoms with E-state index in [0.29, 0.717) is 6.07 Å². The van der Waals surface area contributed by atoms with Gasteiger partial charge in [-0.3, -0.25) is 5.41 Å². The van der Waals surface area contributed by atoms with Gasteiger partial charge in [0.05, 0.1) is 10.7 Å². The Morgan fingerprint density at radius 1 is 1.35 bits per heavy atom. The fraction of sp³-hybridized carbons (Fsp3) is 0.417. The van der Waals surface area contributed by atoms with Crippen LogP contribution in [0.4, 0.5) is 8.78 Å². The number of halogens is 2. The molecular formula is C12H17F2N3O2S. The Morgan fingerprint density at radius 3 is 2.40 bits per heavy atom. The summed E-state index contributed by atoms with van der Waals surface area (Å²) in [6.45, 7) is 3.31. The summed E-state index contributed by atoms with van der Waals surface area (Å²) in [5, 5.41) is 7.15. The van der Waals surface area contributed by atoms with Crippen molar-refractivity contribution in [2.45, 2.75) is 31.2 Å². The molecule has 0 spiro atoms. The number of sulfonamides is 1. The van der Waals surface area contributed by atoms with E-state index in [2.05, 4.69) is 0 Å². The van der Waals surface area contributed by atoms with Crippen molar-refractivity contribution in [1.29, 1.82) is 5.41 Å². The maximum atomic E-state index is 13.2. The third-order valence-corrected chi connectivity index (χ3v) is 4.75. The standard InChI is InChI=1S/C12H17F2N3O2S/c1-8(2)17(6-5-12(15)16)20(18,19)9-3-4-10(13)11(14)7-9/h3-4,7-8H,5-6H2,1-2H3,(H3,15,16). The first-order valence-electron chi connectivity index (χ1n) is 5.96. The SMILES string of the molecule is CC(C)N(CCC(=N)N)S(=O)(=O)c1ccc(F)c(F)c1. The van der Waals surface area contributed by atoms with Gasteiger partial charge in [0.2, 0.25) is 10.0 Å². The van der Waals surface area contributed by atoms with Crippen LogP contribution in [0.3, 0.4) is 0 Å². The molecule has 0 amide bonds. The number of nitrogens with two attached hydrogens (primary N) is 1. The van der Waals surface area contributed by atoms with Crippen molar-refractivity contribution in [3.63, 3.8) is 0 Å². The van der Waals surface area contributed by atoms with E-state index in [1.165, 1.54) is 0 Å². The van der Waals surface area contributed by atoms with Crippen LogP contribution in [0.2, 0.25) is 0 Å². The van der Waals surface area contributed by atoms with Gasteiger partial charge in [-0.15, -0.1) is 0 Å². The molecule has 0 bridgehead atoms. The molecule has 20 heavy (non-hydrogen) atoms. The van der Waals surface area contributed by atoms with E-state index >= 15 is 0 Å². The lowest BCUT2D eigenvalue weighted by molar-refractivity contribution is 0.361. The molecule has 0 heterocycles. The normalized spacial score (nSPS) is 12.1. The van der Waals surface area contributed by atoms with Gasteiger partial charge in [0, 0.05) is 19.0 Å². The Balaban J connectivity index is 3.15. The molecule has 0 saturated heterocycles. The van der Waals surface area contributed by atoms with Gasteiger partial charge in [0.15, 0.2) is 11.6 Å². The first-order chi connectivity index (χ1) is 9.16. The van der Waals surface area contributed by atoms with E-state index in [9.17, 15) is 17.2 Å². The van der Waals surface area contributed by atoms with Crippen LogP contribution >= 0.6 is 0 Å². The van der Waals surface area contributed by atoms with Crippen molar-refractivity contribution >= 4 is 15.9 Å². The van der Waals surface area contributed by atoms with Crippen molar-refractivity contribution < 1.29 is 17.2 Å². The maximum absolute atomic E-state index is 13.2. The third kappa shape index (κ3) is 3.73. The number of nitrogens with one attached hydrogen (secondary N) is 1. The molecule has 1 aromatic carbocycles. The van der Waals surface area contributed by atoms with Gasteiger partial charge >= 0.3 is 0 Å². The number of hydrogen-bond donors (Lipinski definition) is 2. The highest BCUT2D eigenvalue weighted by Gasteiger charge is 2.27. The van der Waals surface area contributed by atoms with Crippen LogP contribution in [0, 0.1) is 17.0 Å². The van der Waals surface area contributed by atoms with Crippen LogP contribution in [0.15, 0.2) is 23.1 Å². The minimum absolute atomic E-state index is 0.00826. The molecule has 3 N–H and O–H groups in total. The van der Waals surface area contributed by atoms with Crippen molar-refractivity contribution in [1.82, 2.24) is 4.31 Å². The van der Waals surface area contributed by atoms with E-state index in [4.69, 9.17) is 11.1 Å². The maximum Gasteiger partial charge on any atom is 0.243 e. The highest BCUT2D eigenvalue weighted by molar-refractivity contribution is 7.89. The second kappa shape index (κ2) is 6.27. The summed E-state index contributed by atoms with van der Waals surface area (Å²) in [7, 11) is -3.96. The van der Waals surface area contributed by atoms with E-state index in [1.807, 2.05) is 0 Å². The topological polar surface area (TPSA) is 87.2 Å². The second-order valence-corrected chi connectivity index (χ2v) is 6.45. The number of hydrogen-bond acceptors (Lipinski definition) is 3.